The SMILES string of the molecule is Cc1c(CCl)sc2c(F)cccc12. The third kappa shape index (κ3) is 1.34. The van der Waals surface area contributed by atoms with Gasteiger partial charge in [-0.3, -0.25) is 0 Å². The van der Waals surface area contributed by atoms with Crippen molar-refractivity contribution in [3.05, 3.63) is 34.5 Å². The van der Waals surface area contributed by atoms with E-state index in [1.165, 1.54) is 17.4 Å². The lowest BCUT2D eigenvalue weighted by molar-refractivity contribution is 0.641. The van der Waals surface area contributed by atoms with Crippen LogP contribution >= 0.6 is 22.9 Å². The number of hydrogen-bond acceptors (Lipinski definition) is 1. The highest BCUT2D eigenvalue weighted by atomic mass is 35.5. The summed E-state index contributed by atoms with van der Waals surface area (Å²) >= 11 is 7.19. The molecule has 0 aliphatic carbocycles. The Bertz CT molecular complexity index is 447. The van der Waals surface area contributed by atoms with E-state index in [4.69, 9.17) is 11.6 Å². The van der Waals surface area contributed by atoms with E-state index < -0.39 is 0 Å². The lowest BCUT2D eigenvalue weighted by atomic mass is 10.1. The van der Waals surface area contributed by atoms with Gasteiger partial charge in [-0.05, 0) is 23.9 Å². The fourth-order valence-corrected chi connectivity index (χ4v) is 2.81. The van der Waals surface area contributed by atoms with E-state index in [2.05, 4.69) is 0 Å². The minimum atomic E-state index is -0.151. The number of aryl methyl sites for hydroxylation is 1. The number of thiophene rings is 1. The normalized spacial score (nSPS) is 11.0. The molecule has 3 heteroatoms. The summed E-state index contributed by atoms with van der Waals surface area (Å²) < 4.78 is 14.0. The highest BCUT2D eigenvalue weighted by Crippen LogP contribution is 2.33. The van der Waals surface area contributed by atoms with Crippen molar-refractivity contribution in [1.82, 2.24) is 0 Å². The quantitative estimate of drug-likeness (QED) is 0.628. The molecular weight excluding hydrogens is 207 g/mol. The third-order valence-corrected chi connectivity index (χ3v) is 3.88. The van der Waals surface area contributed by atoms with E-state index in [9.17, 15) is 4.39 Å². The second-order valence-corrected chi connectivity index (χ2v) is 4.27. The Kier molecular flexibility index (Phi) is 2.26. The first-order valence-electron chi connectivity index (χ1n) is 3.96. The van der Waals surface area contributed by atoms with Crippen molar-refractivity contribution in [3.8, 4) is 0 Å². The van der Waals surface area contributed by atoms with Crippen LogP contribution in [-0.2, 0) is 5.88 Å². The highest BCUT2D eigenvalue weighted by molar-refractivity contribution is 7.19. The minimum Gasteiger partial charge on any atom is -0.205 e. The summed E-state index contributed by atoms with van der Waals surface area (Å²) in [7, 11) is 0. The van der Waals surface area contributed by atoms with E-state index in [0.717, 1.165) is 20.5 Å². The van der Waals surface area contributed by atoms with Crippen molar-refractivity contribution >= 4 is 33.0 Å². The maximum absolute atomic E-state index is 13.3. The third-order valence-electron chi connectivity index (χ3n) is 2.14. The summed E-state index contributed by atoms with van der Waals surface area (Å²) in [5, 5.41) is 0.987. The molecule has 0 saturated carbocycles. The number of benzene rings is 1. The molecule has 2 rings (SSSR count). The van der Waals surface area contributed by atoms with Gasteiger partial charge in [-0.15, -0.1) is 22.9 Å². The zero-order valence-corrected chi connectivity index (χ0v) is 8.68. The van der Waals surface area contributed by atoms with E-state index in [1.54, 1.807) is 6.07 Å². The van der Waals surface area contributed by atoms with Crippen LogP contribution in [0.1, 0.15) is 10.4 Å². The van der Waals surface area contributed by atoms with Crippen molar-refractivity contribution in [2.75, 3.05) is 0 Å². The van der Waals surface area contributed by atoms with Crippen LogP contribution in [0.15, 0.2) is 18.2 Å². The first-order chi connectivity index (χ1) is 6.24. The predicted molar refractivity (Wildman–Crippen MR) is 56.1 cm³/mol. The van der Waals surface area contributed by atoms with Crippen LogP contribution < -0.4 is 0 Å². The van der Waals surface area contributed by atoms with Crippen LogP contribution in [0.2, 0.25) is 0 Å². The molecule has 0 saturated heterocycles. The lowest BCUT2D eigenvalue weighted by Gasteiger charge is -1.92. The first kappa shape index (κ1) is 8.97. The Labute approximate surface area is 85.0 Å². The molecule has 1 heterocycles. The molecule has 0 N–H and O–H groups in total. The molecule has 1 aromatic carbocycles. The average molecular weight is 215 g/mol. The molecule has 68 valence electrons. The van der Waals surface area contributed by atoms with Gasteiger partial charge in [0, 0.05) is 4.88 Å². The molecule has 0 fully saturated rings. The van der Waals surface area contributed by atoms with Gasteiger partial charge in [-0.1, -0.05) is 12.1 Å². The molecular formula is C10H8ClFS. The number of alkyl halides is 1. The van der Waals surface area contributed by atoms with Gasteiger partial charge < -0.3 is 0 Å². The summed E-state index contributed by atoms with van der Waals surface area (Å²) in [6.07, 6.45) is 0. The summed E-state index contributed by atoms with van der Waals surface area (Å²) in [5.74, 6) is 0.312. The molecule has 0 amide bonds. The minimum absolute atomic E-state index is 0.151. The van der Waals surface area contributed by atoms with E-state index >= 15 is 0 Å². The number of hydrogen-bond donors (Lipinski definition) is 0. The van der Waals surface area contributed by atoms with Gasteiger partial charge in [0.25, 0.3) is 0 Å². The van der Waals surface area contributed by atoms with Crippen LogP contribution in [-0.4, -0.2) is 0 Å². The number of halogens is 2. The summed E-state index contributed by atoms with van der Waals surface area (Å²) in [6.45, 7) is 1.98. The first-order valence-corrected chi connectivity index (χ1v) is 5.31. The van der Waals surface area contributed by atoms with Crippen molar-refractivity contribution < 1.29 is 4.39 Å². The molecule has 0 atom stereocenters. The topological polar surface area (TPSA) is 0 Å². The number of rotatable bonds is 1. The van der Waals surface area contributed by atoms with Crippen molar-refractivity contribution in [1.29, 1.82) is 0 Å². The molecule has 13 heavy (non-hydrogen) atoms. The zero-order chi connectivity index (χ0) is 9.42. The van der Waals surface area contributed by atoms with Crippen LogP contribution in [0.25, 0.3) is 10.1 Å². The van der Waals surface area contributed by atoms with Gasteiger partial charge in [0.2, 0.25) is 0 Å². The average Bonchev–Trinajstić information content (AvgIpc) is 2.45. The summed E-state index contributed by atoms with van der Waals surface area (Å²) in [6, 6.07) is 5.14. The Hall–Kier alpha value is -0.600. The maximum atomic E-state index is 13.3. The van der Waals surface area contributed by atoms with Crippen molar-refractivity contribution in [2.24, 2.45) is 0 Å². The molecule has 0 spiro atoms. The molecule has 0 bridgehead atoms. The summed E-state index contributed by atoms with van der Waals surface area (Å²) in [4.78, 5) is 1.06. The molecule has 0 nitrogen and oxygen atoms in total. The van der Waals surface area contributed by atoms with Crippen LogP contribution in [0.5, 0.6) is 0 Å². The van der Waals surface area contributed by atoms with Crippen molar-refractivity contribution in [2.45, 2.75) is 12.8 Å². The summed E-state index contributed by atoms with van der Waals surface area (Å²) in [5.41, 5.74) is 1.11. The Morgan fingerprint density at radius 2 is 2.23 bits per heavy atom. The fourth-order valence-electron chi connectivity index (χ4n) is 1.39. The molecule has 0 aliphatic rings. The molecule has 2 aromatic rings. The zero-order valence-electron chi connectivity index (χ0n) is 7.10. The fraction of sp³-hybridized carbons (Fsp3) is 0.200. The van der Waals surface area contributed by atoms with Gasteiger partial charge in [-0.2, -0.15) is 0 Å². The predicted octanol–water partition coefficient (Wildman–Crippen LogP) is 4.09. The molecule has 0 aliphatic heterocycles. The monoisotopic (exact) mass is 214 g/mol. The van der Waals surface area contributed by atoms with E-state index in [0.29, 0.717) is 5.88 Å². The van der Waals surface area contributed by atoms with Crippen LogP contribution in [0.3, 0.4) is 0 Å². The van der Waals surface area contributed by atoms with E-state index in [-0.39, 0.29) is 5.82 Å². The van der Waals surface area contributed by atoms with Crippen LogP contribution in [0.4, 0.5) is 4.39 Å². The second kappa shape index (κ2) is 3.28. The second-order valence-electron chi connectivity index (χ2n) is 2.90. The maximum Gasteiger partial charge on any atom is 0.141 e. The van der Waals surface area contributed by atoms with Gasteiger partial charge in [0.1, 0.15) is 5.82 Å². The number of fused-ring (bicyclic) bond motifs is 1. The highest BCUT2D eigenvalue weighted by Gasteiger charge is 2.09. The van der Waals surface area contributed by atoms with Gasteiger partial charge in [0.15, 0.2) is 0 Å². The molecule has 1 aromatic heterocycles. The Morgan fingerprint density at radius 3 is 2.85 bits per heavy atom. The van der Waals surface area contributed by atoms with Crippen LogP contribution in [0, 0.1) is 12.7 Å². The van der Waals surface area contributed by atoms with E-state index in [1.807, 2.05) is 13.0 Å². The Morgan fingerprint density at radius 1 is 1.46 bits per heavy atom. The van der Waals surface area contributed by atoms with Gasteiger partial charge in [-0.25, -0.2) is 4.39 Å². The standard InChI is InChI=1S/C10H8ClFS/c1-6-7-3-2-4-8(12)10(7)13-9(6)5-11/h2-4H,5H2,1H3. The van der Waals surface area contributed by atoms with Gasteiger partial charge >= 0.3 is 0 Å². The largest absolute Gasteiger partial charge is 0.205 e. The smallest absolute Gasteiger partial charge is 0.141 e. The molecule has 0 radical (unpaired) electrons. The van der Waals surface area contributed by atoms with Crippen molar-refractivity contribution in [3.63, 3.8) is 0 Å². The molecule has 0 unspecified atom stereocenters. The Balaban J connectivity index is 2.83. The van der Waals surface area contributed by atoms with Gasteiger partial charge in [0.05, 0.1) is 10.6 Å². The lowest BCUT2D eigenvalue weighted by Crippen LogP contribution is -1.75.